The molecule has 23 heavy (non-hydrogen) atoms. The summed E-state index contributed by atoms with van der Waals surface area (Å²) in [5.74, 6) is 0.214. The van der Waals surface area contributed by atoms with Crippen LogP contribution in [0, 0.1) is 0 Å². The number of hydrogen-bond donors (Lipinski definition) is 0. The van der Waals surface area contributed by atoms with Crippen molar-refractivity contribution < 1.29 is 4.79 Å². The van der Waals surface area contributed by atoms with Crippen molar-refractivity contribution in [1.82, 2.24) is 0 Å². The van der Waals surface area contributed by atoms with E-state index in [0.29, 0.717) is 12.8 Å². The molecule has 0 saturated carbocycles. The first-order chi connectivity index (χ1) is 11.1. The molecule has 0 aromatic heterocycles. The molecule has 0 bridgehead atoms. The molecule has 0 amide bonds. The monoisotopic (exact) mass is 324 g/mol. The minimum Gasteiger partial charge on any atom is -0.299 e. The zero-order valence-electron chi connectivity index (χ0n) is 14.1. The summed E-state index contributed by atoms with van der Waals surface area (Å²) in [5, 5.41) is 4.89. The maximum atomic E-state index is 12.0. The molecule has 0 aliphatic carbocycles. The number of ketones is 1. The molecular formula is C19H24N2OSi. The van der Waals surface area contributed by atoms with Crippen molar-refractivity contribution >= 4 is 26.1 Å². The van der Waals surface area contributed by atoms with Crippen molar-refractivity contribution in [2.45, 2.75) is 32.9 Å². The van der Waals surface area contributed by atoms with Crippen LogP contribution in [-0.4, -0.2) is 20.5 Å². The van der Waals surface area contributed by atoms with Crippen molar-refractivity contribution in [3.05, 3.63) is 66.2 Å². The van der Waals surface area contributed by atoms with E-state index in [0.717, 1.165) is 17.0 Å². The number of hydrogen-bond acceptors (Lipinski definition) is 3. The van der Waals surface area contributed by atoms with E-state index in [2.05, 4.69) is 29.9 Å². The standard InChI is InChI=1S/C19H24N2OSi/c1-4-18(22)15-19(16-11-7-5-8-12-16)20-21(23(2)3)17-13-9-6-10-14-17/h5-14,23H,4,15H2,1-3H3. The number of hydrazone groups is 1. The fourth-order valence-electron chi connectivity index (χ4n) is 2.32. The van der Waals surface area contributed by atoms with Gasteiger partial charge in [0.05, 0.1) is 12.1 Å². The molecule has 2 aromatic carbocycles. The molecule has 2 aromatic rings. The molecule has 4 heteroatoms. The molecule has 0 N–H and O–H groups in total. The fourth-order valence-corrected chi connectivity index (χ4v) is 3.46. The van der Waals surface area contributed by atoms with Crippen LogP contribution in [0.5, 0.6) is 0 Å². The Kier molecular flexibility index (Phi) is 6.29. The highest BCUT2D eigenvalue weighted by atomic mass is 28.3. The molecule has 0 aliphatic heterocycles. The number of Topliss-reactive ketones (excluding diaryl/α,β-unsaturated/α-hetero) is 1. The maximum Gasteiger partial charge on any atom is 0.164 e. The predicted octanol–water partition coefficient (Wildman–Crippen LogP) is 4.25. The number of carbonyl (C=O) groups is 1. The first kappa shape index (κ1) is 17.2. The average molecular weight is 325 g/mol. The first-order valence-corrected chi connectivity index (χ1v) is 10.9. The summed E-state index contributed by atoms with van der Waals surface area (Å²) in [4.78, 5) is 12.0. The highest BCUT2D eigenvalue weighted by Gasteiger charge is 2.15. The van der Waals surface area contributed by atoms with E-state index >= 15 is 0 Å². The Morgan fingerprint density at radius 1 is 1.00 bits per heavy atom. The molecule has 0 aliphatic rings. The lowest BCUT2D eigenvalue weighted by atomic mass is 10.0. The number of para-hydroxylation sites is 1. The molecule has 0 heterocycles. The molecule has 0 atom stereocenters. The lowest BCUT2D eigenvalue weighted by Crippen LogP contribution is -2.31. The molecular weight excluding hydrogens is 300 g/mol. The number of anilines is 1. The van der Waals surface area contributed by atoms with E-state index in [1.54, 1.807) is 0 Å². The van der Waals surface area contributed by atoms with Gasteiger partial charge in [-0.05, 0) is 17.7 Å². The van der Waals surface area contributed by atoms with E-state index in [1.165, 1.54) is 0 Å². The van der Waals surface area contributed by atoms with Crippen molar-refractivity contribution in [1.29, 1.82) is 0 Å². The Morgan fingerprint density at radius 3 is 2.09 bits per heavy atom. The topological polar surface area (TPSA) is 32.7 Å². The second-order valence-electron chi connectivity index (χ2n) is 5.76. The number of nitrogens with zero attached hydrogens (tertiary/aromatic N) is 2. The average Bonchev–Trinajstić information content (AvgIpc) is 2.59. The van der Waals surface area contributed by atoms with Crippen LogP contribution >= 0.6 is 0 Å². The number of carbonyl (C=O) groups excluding carboxylic acids is 1. The quantitative estimate of drug-likeness (QED) is 0.433. The van der Waals surface area contributed by atoms with Gasteiger partial charge in [-0.1, -0.05) is 68.5 Å². The molecule has 2 rings (SSSR count). The summed E-state index contributed by atoms with van der Waals surface area (Å²) in [7, 11) is -1.21. The van der Waals surface area contributed by atoms with Crippen molar-refractivity contribution in [3.8, 4) is 0 Å². The van der Waals surface area contributed by atoms with Crippen LogP contribution < -0.4 is 4.67 Å². The van der Waals surface area contributed by atoms with Crippen molar-refractivity contribution in [3.63, 3.8) is 0 Å². The number of benzene rings is 2. The molecule has 0 saturated heterocycles. The van der Waals surface area contributed by atoms with Gasteiger partial charge >= 0.3 is 0 Å². The second kappa shape index (κ2) is 8.43. The van der Waals surface area contributed by atoms with Gasteiger partial charge in [0, 0.05) is 12.1 Å². The van der Waals surface area contributed by atoms with E-state index in [4.69, 9.17) is 5.10 Å². The lowest BCUT2D eigenvalue weighted by molar-refractivity contribution is -0.117. The van der Waals surface area contributed by atoms with Gasteiger partial charge in [0.15, 0.2) is 8.96 Å². The highest BCUT2D eigenvalue weighted by molar-refractivity contribution is 6.60. The Hall–Kier alpha value is -2.20. The molecule has 120 valence electrons. The lowest BCUT2D eigenvalue weighted by Gasteiger charge is -2.24. The predicted molar refractivity (Wildman–Crippen MR) is 101 cm³/mol. The number of rotatable bonds is 7. The third-order valence-electron chi connectivity index (χ3n) is 3.60. The summed E-state index contributed by atoms with van der Waals surface area (Å²) in [6, 6.07) is 20.2. The summed E-state index contributed by atoms with van der Waals surface area (Å²) >= 11 is 0. The van der Waals surface area contributed by atoms with Crippen molar-refractivity contribution in [2.75, 3.05) is 4.67 Å². The minimum absolute atomic E-state index is 0.214. The molecule has 3 nitrogen and oxygen atoms in total. The smallest absolute Gasteiger partial charge is 0.164 e. The molecule has 0 spiro atoms. The van der Waals surface area contributed by atoms with Crippen LogP contribution in [0.15, 0.2) is 65.8 Å². The van der Waals surface area contributed by atoms with Gasteiger partial charge in [-0.25, -0.2) is 0 Å². The highest BCUT2D eigenvalue weighted by Crippen LogP contribution is 2.18. The summed E-state index contributed by atoms with van der Waals surface area (Å²) < 4.78 is 2.12. The van der Waals surface area contributed by atoms with Gasteiger partial charge in [-0.3, -0.25) is 9.47 Å². The molecule has 0 radical (unpaired) electrons. The molecule has 0 fully saturated rings. The Morgan fingerprint density at radius 2 is 1.57 bits per heavy atom. The maximum absolute atomic E-state index is 12.0. The zero-order chi connectivity index (χ0) is 16.7. The van der Waals surface area contributed by atoms with Crippen LogP contribution in [0.1, 0.15) is 25.3 Å². The van der Waals surface area contributed by atoms with Crippen LogP contribution in [-0.2, 0) is 4.79 Å². The first-order valence-electron chi connectivity index (χ1n) is 8.10. The Bertz CT molecular complexity index is 654. The van der Waals surface area contributed by atoms with Gasteiger partial charge in [0.2, 0.25) is 0 Å². The summed E-state index contributed by atoms with van der Waals surface area (Å²) in [6.07, 6.45) is 0.918. The van der Waals surface area contributed by atoms with E-state index in [1.807, 2.05) is 55.5 Å². The second-order valence-corrected chi connectivity index (χ2v) is 8.43. The van der Waals surface area contributed by atoms with Crippen LogP contribution in [0.2, 0.25) is 13.1 Å². The third-order valence-corrected chi connectivity index (χ3v) is 5.00. The van der Waals surface area contributed by atoms with Gasteiger partial charge in [-0.15, -0.1) is 0 Å². The van der Waals surface area contributed by atoms with Crippen LogP contribution in [0.25, 0.3) is 0 Å². The zero-order valence-corrected chi connectivity index (χ0v) is 15.2. The van der Waals surface area contributed by atoms with Gasteiger partial charge in [0.25, 0.3) is 0 Å². The molecule has 0 unspecified atom stereocenters. The Balaban J connectivity index is 2.42. The fraction of sp³-hybridized carbons (Fsp3) is 0.263. The van der Waals surface area contributed by atoms with E-state index in [-0.39, 0.29) is 5.78 Å². The van der Waals surface area contributed by atoms with Crippen molar-refractivity contribution in [2.24, 2.45) is 5.10 Å². The van der Waals surface area contributed by atoms with Gasteiger partial charge in [0.1, 0.15) is 5.78 Å². The van der Waals surface area contributed by atoms with Gasteiger partial charge in [-0.2, -0.15) is 5.10 Å². The third kappa shape index (κ3) is 4.89. The minimum atomic E-state index is -1.21. The normalized spacial score (nSPS) is 11.6. The van der Waals surface area contributed by atoms with E-state index < -0.39 is 8.96 Å². The Labute approximate surface area is 140 Å². The summed E-state index contributed by atoms with van der Waals surface area (Å²) in [6.45, 7) is 6.37. The largest absolute Gasteiger partial charge is 0.299 e. The summed E-state index contributed by atoms with van der Waals surface area (Å²) in [5.41, 5.74) is 2.96. The van der Waals surface area contributed by atoms with E-state index in [9.17, 15) is 4.79 Å². The van der Waals surface area contributed by atoms with Gasteiger partial charge < -0.3 is 0 Å². The van der Waals surface area contributed by atoms with Crippen LogP contribution in [0.3, 0.4) is 0 Å². The van der Waals surface area contributed by atoms with Crippen LogP contribution in [0.4, 0.5) is 5.69 Å². The SMILES string of the molecule is CCC(=O)CC(=NN(c1ccccc1)[SiH](C)C)c1ccccc1.